The van der Waals surface area contributed by atoms with Crippen molar-refractivity contribution in [2.45, 2.75) is 37.5 Å². The first-order valence-electron chi connectivity index (χ1n) is 8.83. The second-order valence-electron chi connectivity index (χ2n) is 6.28. The summed E-state index contributed by atoms with van der Waals surface area (Å²) in [7, 11) is 1.82. The summed E-state index contributed by atoms with van der Waals surface area (Å²) in [6.45, 7) is 1.61. The van der Waals surface area contributed by atoms with Crippen molar-refractivity contribution in [2.24, 2.45) is 4.99 Å². The number of hydrogen-bond acceptors (Lipinski definition) is 4. The quantitative estimate of drug-likeness (QED) is 0.222. The summed E-state index contributed by atoms with van der Waals surface area (Å²) in [6.07, 6.45) is 4.32. The van der Waals surface area contributed by atoms with Crippen LogP contribution in [0.1, 0.15) is 19.3 Å². The fourth-order valence-electron chi connectivity index (χ4n) is 3.28. The summed E-state index contributed by atoms with van der Waals surface area (Å²) >= 11 is 5.33. The second kappa shape index (κ2) is 11.6. The minimum absolute atomic E-state index is 0. The van der Waals surface area contributed by atoms with E-state index in [-0.39, 0.29) is 24.0 Å². The lowest BCUT2D eigenvalue weighted by Crippen LogP contribution is -2.47. The number of halogens is 2. The van der Waals surface area contributed by atoms with Gasteiger partial charge in [-0.05, 0) is 37.5 Å². The number of benzene rings is 1. The lowest BCUT2D eigenvalue weighted by molar-refractivity contribution is 0.0992. The van der Waals surface area contributed by atoms with E-state index in [1.165, 1.54) is 12.8 Å². The molecule has 3 atom stereocenters. The first-order chi connectivity index (χ1) is 12.2. The van der Waals surface area contributed by atoms with Crippen LogP contribution in [0.3, 0.4) is 0 Å². The fraction of sp³-hybridized carbons (Fsp3) is 0.611. The molecule has 5 nitrogen and oxygen atoms in total. The van der Waals surface area contributed by atoms with Crippen LogP contribution in [0.5, 0.6) is 5.75 Å². The van der Waals surface area contributed by atoms with E-state index in [4.69, 9.17) is 9.47 Å². The number of nitrogens with zero attached hydrogens (tertiary/aromatic N) is 1. The highest BCUT2D eigenvalue weighted by Crippen LogP contribution is 2.34. The molecule has 2 fully saturated rings. The fourth-order valence-corrected chi connectivity index (χ4v) is 4.31. The van der Waals surface area contributed by atoms with Crippen LogP contribution in [0, 0.1) is 0 Å². The molecule has 2 heterocycles. The second-order valence-corrected chi connectivity index (χ2v) is 8.42. The molecule has 1 aromatic rings. The van der Waals surface area contributed by atoms with Gasteiger partial charge in [0.2, 0.25) is 0 Å². The molecular formula is C18H27BrIN3O2S. The number of aliphatic imine (C=N–C) groups is 1. The monoisotopic (exact) mass is 555 g/mol. The summed E-state index contributed by atoms with van der Waals surface area (Å²) < 4.78 is 12.7. The Morgan fingerprint density at radius 1 is 1.38 bits per heavy atom. The van der Waals surface area contributed by atoms with Crippen LogP contribution in [0.15, 0.2) is 33.7 Å². The summed E-state index contributed by atoms with van der Waals surface area (Å²) in [6, 6.07) is 8.36. The Balaban J connectivity index is 0.00000243. The smallest absolute Gasteiger partial charge is 0.191 e. The van der Waals surface area contributed by atoms with Gasteiger partial charge in [0.1, 0.15) is 5.75 Å². The summed E-state index contributed by atoms with van der Waals surface area (Å²) in [5.41, 5.74) is 0. The van der Waals surface area contributed by atoms with Gasteiger partial charge >= 0.3 is 0 Å². The van der Waals surface area contributed by atoms with Crippen molar-refractivity contribution in [2.75, 3.05) is 31.7 Å². The Hall–Kier alpha value is -0.190. The van der Waals surface area contributed by atoms with E-state index in [0.717, 1.165) is 47.3 Å². The zero-order valence-electron chi connectivity index (χ0n) is 14.9. The number of fused-ring (bicyclic) bond motifs is 2. The predicted octanol–water partition coefficient (Wildman–Crippen LogP) is 3.66. The van der Waals surface area contributed by atoms with E-state index in [9.17, 15) is 0 Å². The normalized spacial score (nSPS) is 24.2. The van der Waals surface area contributed by atoms with Gasteiger partial charge in [-0.1, -0.05) is 22.0 Å². The van der Waals surface area contributed by atoms with Crippen LogP contribution in [-0.4, -0.2) is 55.9 Å². The van der Waals surface area contributed by atoms with Crippen molar-refractivity contribution in [1.82, 2.24) is 10.6 Å². The van der Waals surface area contributed by atoms with Gasteiger partial charge in [-0.3, -0.25) is 4.99 Å². The number of rotatable bonds is 8. The van der Waals surface area contributed by atoms with Crippen molar-refractivity contribution >= 4 is 57.6 Å². The van der Waals surface area contributed by atoms with E-state index in [0.29, 0.717) is 18.2 Å². The SMILES string of the molecule is CN=C(NCCSCCOc1cccc(Br)c1)NC1CC2CCC1O2.I. The Morgan fingerprint density at radius 2 is 2.27 bits per heavy atom. The third-order valence-electron chi connectivity index (χ3n) is 4.48. The molecule has 26 heavy (non-hydrogen) atoms. The number of hydrogen-bond donors (Lipinski definition) is 2. The topological polar surface area (TPSA) is 54.9 Å². The molecule has 0 aliphatic carbocycles. The van der Waals surface area contributed by atoms with Crippen LogP contribution in [0.2, 0.25) is 0 Å². The minimum Gasteiger partial charge on any atom is -0.493 e. The molecule has 3 unspecified atom stereocenters. The first-order valence-corrected chi connectivity index (χ1v) is 10.8. The van der Waals surface area contributed by atoms with Gasteiger partial charge < -0.3 is 20.1 Å². The minimum atomic E-state index is 0. The summed E-state index contributed by atoms with van der Waals surface area (Å²) in [4.78, 5) is 4.32. The van der Waals surface area contributed by atoms with Gasteiger partial charge in [0.15, 0.2) is 5.96 Å². The highest BCUT2D eigenvalue weighted by Gasteiger charge is 2.41. The Bertz CT molecular complexity index is 593. The molecule has 146 valence electrons. The highest BCUT2D eigenvalue weighted by atomic mass is 127. The zero-order valence-corrected chi connectivity index (χ0v) is 19.7. The molecule has 8 heteroatoms. The third kappa shape index (κ3) is 6.76. The molecule has 2 N–H and O–H groups in total. The maximum atomic E-state index is 5.88. The average Bonchev–Trinajstić information content (AvgIpc) is 3.23. The molecular weight excluding hydrogens is 529 g/mol. The largest absolute Gasteiger partial charge is 0.493 e. The molecule has 0 amide bonds. The van der Waals surface area contributed by atoms with Gasteiger partial charge in [0.05, 0.1) is 24.9 Å². The van der Waals surface area contributed by atoms with Gasteiger partial charge in [-0.2, -0.15) is 11.8 Å². The molecule has 0 saturated carbocycles. The molecule has 0 aromatic heterocycles. The molecule has 1 aromatic carbocycles. The molecule has 2 saturated heterocycles. The molecule has 0 spiro atoms. The maximum Gasteiger partial charge on any atom is 0.191 e. The summed E-state index contributed by atoms with van der Waals surface area (Å²) in [5, 5.41) is 6.89. The third-order valence-corrected chi connectivity index (χ3v) is 5.92. The van der Waals surface area contributed by atoms with Crippen LogP contribution in [0.4, 0.5) is 0 Å². The predicted molar refractivity (Wildman–Crippen MR) is 123 cm³/mol. The Morgan fingerprint density at radius 3 is 2.96 bits per heavy atom. The molecule has 2 aliphatic heterocycles. The lowest BCUT2D eigenvalue weighted by atomic mass is 9.96. The standard InChI is InChI=1S/C18H26BrN3O2S.HI/c1-20-18(22-16-12-15-5-6-17(16)24-15)21-7-9-25-10-8-23-14-4-2-3-13(19)11-14;/h2-4,11,15-17H,5-10,12H2,1H3,(H2,20,21,22);1H. The Kier molecular flexibility index (Phi) is 9.87. The number of thioether (sulfide) groups is 1. The lowest BCUT2D eigenvalue weighted by Gasteiger charge is -2.22. The van der Waals surface area contributed by atoms with Crippen molar-refractivity contribution < 1.29 is 9.47 Å². The van der Waals surface area contributed by atoms with Gasteiger partial charge in [-0.25, -0.2) is 0 Å². The molecule has 3 rings (SSSR count). The van der Waals surface area contributed by atoms with E-state index in [2.05, 4.69) is 31.6 Å². The average molecular weight is 556 g/mol. The van der Waals surface area contributed by atoms with Crippen LogP contribution < -0.4 is 15.4 Å². The van der Waals surface area contributed by atoms with Crippen molar-refractivity contribution in [3.05, 3.63) is 28.7 Å². The zero-order chi connectivity index (χ0) is 17.5. The van der Waals surface area contributed by atoms with E-state index >= 15 is 0 Å². The van der Waals surface area contributed by atoms with E-state index < -0.39 is 0 Å². The van der Waals surface area contributed by atoms with E-state index in [1.807, 2.05) is 43.1 Å². The highest BCUT2D eigenvalue weighted by molar-refractivity contribution is 14.0. The van der Waals surface area contributed by atoms with Crippen LogP contribution >= 0.6 is 51.7 Å². The Labute approximate surface area is 185 Å². The van der Waals surface area contributed by atoms with Gasteiger partial charge in [0, 0.05) is 29.6 Å². The van der Waals surface area contributed by atoms with E-state index in [1.54, 1.807) is 0 Å². The van der Waals surface area contributed by atoms with Crippen LogP contribution in [0.25, 0.3) is 0 Å². The van der Waals surface area contributed by atoms with Crippen molar-refractivity contribution in [3.63, 3.8) is 0 Å². The van der Waals surface area contributed by atoms with Crippen molar-refractivity contribution in [3.8, 4) is 5.75 Å². The number of nitrogens with one attached hydrogen (secondary N) is 2. The molecule has 2 aliphatic rings. The molecule has 0 radical (unpaired) electrons. The summed E-state index contributed by atoms with van der Waals surface area (Å²) in [5.74, 6) is 3.79. The number of guanidine groups is 1. The molecule has 2 bridgehead atoms. The maximum absolute atomic E-state index is 5.88. The number of ether oxygens (including phenoxy) is 2. The van der Waals surface area contributed by atoms with Crippen LogP contribution in [-0.2, 0) is 4.74 Å². The van der Waals surface area contributed by atoms with Gasteiger partial charge in [0.25, 0.3) is 0 Å². The first kappa shape index (κ1) is 22.1. The van der Waals surface area contributed by atoms with Crippen molar-refractivity contribution in [1.29, 1.82) is 0 Å². The van der Waals surface area contributed by atoms with Gasteiger partial charge in [-0.15, -0.1) is 24.0 Å².